The van der Waals surface area contributed by atoms with Crippen molar-refractivity contribution >= 4 is 28.7 Å². The molecule has 0 aliphatic carbocycles. The summed E-state index contributed by atoms with van der Waals surface area (Å²) in [5.41, 5.74) is 0. The van der Waals surface area contributed by atoms with Crippen molar-refractivity contribution in [1.82, 2.24) is 10.2 Å². The van der Waals surface area contributed by atoms with Crippen molar-refractivity contribution in [1.29, 1.82) is 0 Å². The number of thiocarbonyl (C=S) groups is 1. The standard InChI is InChI=1S/C11H18N2S2/c1-4-7-12-11(14)13(3)9(2)10-6-5-8-15-10/h5-6,8-9H,4,7H2,1-3H3,(H,12,14). The van der Waals surface area contributed by atoms with Crippen LogP contribution in [0.2, 0.25) is 0 Å². The minimum atomic E-state index is 0.349. The molecule has 0 radical (unpaired) electrons. The molecule has 1 heterocycles. The smallest absolute Gasteiger partial charge is 0.169 e. The van der Waals surface area contributed by atoms with Crippen molar-refractivity contribution in [2.24, 2.45) is 0 Å². The van der Waals surface area contributed by atoms with E-state index in [1.807, 2.05) is 7.05 Å². The van der Waals surface area contributed by atoms with Crippen molar-refractivity contribution < 1.29 is 0 Å². The Morgan fingerprint density at radius 2 is 2.40 bits per heavy atom. The van der Waals surface area contributed by atoms with Gasteiger partial charge in [-0.05, 0) is 37.0 Å². The fraction of sp³-hybridized carbons (Fsp3) is 0.545. The highest BCUT2D eigenvalue weighted by atomic mass is 32.1. The Labute approximate surface area is 101 Å². The summed E-state index contributed by atoms with van der Waals surface area (Å²) < 4.78 is 0. The molecule has 1 N–H and O–H groups in total. The molecule has 0 aromatic carbocycles. The molecule has 0 aliphatic rings. The molecule has 0 bridgehead atoms. The average molecular weight is 242 g/mol. The molecular weight excluding hydrogens is 224 g/mol. The molecule has 15 heavy (non-hydrogen) atoms. The Bertz CT molecular complexity index is 296. The molecule has 84 valence electrons. The van der Waals surface area contributed by atoms with Crippen LogP contribution in [-0.2, 0) is 0 Å². The monoisotopic (exact) mass is 242 g/mol. The lowest BCUT2D eigenvalue weighted by Gasteiger charge is -2.27. The van der Waals surface area contributed by atoms with Crippen LogP contribution in [0.15, 0.2) is 17.5 Å². The van der Waals surface area contributed by atoms with Gasteiger partial charge in [-0.2, -0.15) is 0 Å². The zero-order chi connectivity index (χ0) is 11.3. The highest BCUT2D eigenvalue weighted by molar-refractivity contribution is 7.80. The average Bonchev–Trinajstić information content (AvgIpc) is 2.77. The molecule has 0 spiro atoms. The van der Waals surface area contributed by atoms with Crippen LogP contribution in [0.1, 0.15) is 31.2 Å². The van der Waals surface area contributed by atoms with Crippen molar-refractivity contribution in [3.63, 3.8) is 0 Å². The first kappa shape index (κ1) is 12.5. The van der Waals surface area contributed by atoms with Gasteiger partial charge in [-0.1, -0.05) is 13.0 Å². The van der Waals surface area contributed by atoms with Crippen LogP contribution in [0.3, 0.4) is 0 Å². The molecule has 4 heteroatoms. The summed E-state index contributed by atoms with van der Waals surface area (Å²) in [6.07, 6.45) is 1.10. The minimum absolute atomic E-state index is 0.349. The highest BCUT2D eigenvalue weighted by Crippen LogP contribution is 2.23. The van der Waals surface area contributed by atoms with Crippen molar-refractivity contribution in [2.45, 2.75) is 26.3 Å². The van der Waals surface area contributed by atoms with Gasteiger partial charge < -0.3 is 10.2 Å². The normalized spacial score (nSPS) is 12.2. The molecule has 0 saturated carbocycles. The van der Waals surface area contributed by atoms with Gasteiger partial charge in [0.15, 0.2) is 5.11 Å². The maximum Gasteiger partial charge on any atom is 0.169 e. The van der Waals surface area contributed by atoms with Crippen LogP contribution in [0, 0.1) is 0 Å². The van der Waals surface area contributed by atoms with Crippen LogP contribution in [0.5, 0.6) is 0 Å². The Kier molecular flexibility index (Phi) is 5.05. The number of hydrogen-bond donors (Lipinski definition) is 1. The molecule has 0 fully saturated rings. The second-order valence-electron chi connectivity index (χ2n) is 3.53. The number of rotatable bonds is 4. The van der Waals surface area contributed by atoms with Gasteiger partial charge in [0.2, 0.25) is 0 Å². The topological polar surface area (TPSA) is 15.3 Å². The lowest BCUT2D eigenvalue weighted by atomic mass is 10.2. The van der Waals surface area contributed by atoms with Crippen LogP contribution in [0.4, 0.5) is 0 Å². The largest absolute Gasteiger partial charge is 0.363 e. The van der Waals surface area contributed by atoms with Gasteiger partial charge >= 0.3 is 0 Å². The Morgan fingerprint density at radius 1 is 1.67 bits per heavy atom. The predicted molar refractivity (Wildman–Crippen MR) is 71.4 cm³/mol. The van der Waals surface area contributed by atoms with E-state index in [0.29, 0.717) is 6.04 Å². The van der Waals surface area contributed by atoms with Gasteiger partial charge in [0.1, 0.15) is 0 Å². The first-order valence-electron chi connectivity index (χ1n) is 5.20. The van der Waals surface area contributed by atoms with E-state index in [9.17, 15) is 0 Å². The number of thiophene rings is 1. The predicted octanol–water partition coefficient (Wildman–Crippen LogP) is 3.03. The third-order valence-electron chi connectivity index (χ3n) is 2.38. The Balaban J connectivity index is 2.52. The lowest BCUT2D eigenvalue weighted by molar-refractivity contribution is 0.401. The first-order chi connectivity index (χ1) is 7.16. The molecule has 2 nitrogen and oxygen atoms in total. The SMILES string of the molecule is CCCNC(=S)N(C)C(C)c1cccs1. The maximum atomic E-state index is 5.31. The van der Waals surface area contributed by atoms with Crippen LogP contribution in [0.25, 0.3) is 0 Å². The number of hydrogen-bond acceptors (Lipinski definition) is 2. The summed E-state index contributed by atoms with van der Waals surface area (Å²) in [5.74, 6) is 0. The summed E-state index contributed by atoms with van der Waals surface area (Å²) >= 11 is 7.08. The molecule has 1 aromatic rings. The van der Waals surface area contributed by atoms with E-state index < -0.39 is 0 Å². The molecular formula is C11H18N2S2. The summed E-state index contributed by atoms with van der Waals surface area (Å²) in [4.78, 5) is 3.45. The molecule has 1 aromatic heterocycles. The van der Waals surface area contributed by atoms with Gasteiger partial charge in [0.25, 0.3) is 0 Å². The zero-order valence-electron chi connectivity index (χ0n) is 9.49. The Hall–Kier alpha value is -0.610. The molecule has 1 rings (SSSR count). The highest BCUT2D eigenvalue weighted by Gasteiger charge is 2.14. The second kappa shape index (κ2) is 6.08. The van der Waals surface area contributed by atoms with E-state index in [2.05, 4.69) is 41.6 Å². The van der Waals surface area contributed by atoms with E-state index in [0.717, 1.165) is 18.1 Å². The van der Waals surface area contributed by atoms with E-state index in [4.69, 9.17) is 12.2 Å². The zero-order valence-corrected chi connectivity index (χ0v) is 11.1. The van der Waals surface area contributed by atoms with E-state index in [1.54, 1.807) is 11.3 Å². The van der Waals surface area contributed by atoms with Crippen LogP contribution >= 0.6 is 23.6 Å². The summed E-state index contributed by atoms with van der Waals surface area (Å²) in [6, 6.07) is 4.57. The van der Waals surface area contributed by atoms with Gasteiger partial charge in [-0.25, -0.2) is 0 Å². The van der Waals surface area contributed by atoms with E-state index >= 15 is 0 Å². The fourth-order valence-corrected chi connectivity index (χ4v) is 2.34. The fourth-order valence-electron chi connectivity index (χ4n) is 1.25. The molecule has 1 atom stereocenters. The van der Waals surface area contributed by atoms with Crippen LogP contribution < -0.4 is 5.32 Å². The summed E-state index contributed by atoms with van der Waals surface area (Å²) in [5, 5.41) is 6.17. The Morgan fingerprint density at radius 3 is 2.93 bits per heavy atom. The lowest BCUT2D eigenvalue weighted by Crippen LogP contribution is -2.38. The van der Waals surface area contributed by atoms with Crippen molar-refractivity contribution in [3.05, 3.63) is 22.4 Å². The quantitative estimate of drug-likeness (QED) is 0.817. The summed E-state index contributed by atoms with van der Waals surface area (Å²) in [6.45, 7) is 5.25. The maximum absolute atomic E-state index is 5.31. The van der Waals surface area contributed by atoms with E-state index in [1.165, 1.54) is 4.88 Å². The molecule has 0 aliphatic heterocycles. The van der Waals surface area contributed by atoms with Crippen molar-refractivity contribution in [3.8, 4) is 0 Å². The van der Waals surface area contributed by atoms with Gasteiger partial charge in [0, 0.05) is 18.5 Å². The van der Waals surface area contributed by atoms with Crippen LogP contribution in [-0.4, -0.2) is 23.6 Å². The van der Waals surface area contributed by atoms with Gasteiger partial charge in [-0.3, -0.25) is 0 Å². The molecule has 0 amide bonds. The second-order valence-corrected chi connectivity index (χ2v) is 4.90. The number of nitrogens with zero attached hydrogens (tertiary/aromatic N) is 1. The van der Waals surface area contributed by atoms with E-state index in [-0.39, 0.29) is 0 Å². The number of nitrogens with one attached hydrogen (secondary N) is 1. The summed E-state index contributed by atoms with van der Waals surface area (Å²) in [7, 11) is 2.04. The molecule has 0 saturated heterocycles. The molecule has 1 unspecified atom stereocenters. The first-order valence-corrected chi connectivity index (χ1v) is 6.49. The minimum Gasteiger partial charge on any atom is -0.363 e. The third kappa shape index (κ3) is 3.47. The van der Waals surface area contributed by atoms with Crippen molar-refractivity contribution in [2.75, 3.05) is 13.6 Å². The third-order valence-corrected chi connectivity index (χ3v) is 3.86. The van der Waals surface area contributed by atoms with Gasteiger partial charge in [-0.15, -0.1) is 11.3 Å². The van der Waals surface area contributed by atoms with Gasteiger partial charge in [0.05, 0.1) is 6.04 Å².